The minimum atomic E-state index is 0.617. The van der Waals surface area contributed by atoms with Crippen LogP contribution in [0.5, 0.6) is 0 Å². The molecular weight excluding hydrogens is 404 g/mol. The zero-order valence-electron chi connectivity index (χ0n) is 16.9. The molecule has 0 saturated carbocycles. The quantitative estimate of drug-likeness (QED) is 0.317. The van der Waals surface area contributed by atoms with E-state index >= 15 is 0 Å². The molecule has 1 aromatic carbocycles. The lowest BCUT2D eigenvalue weighted by atomic mass is 10.0. The largest absolute Gasteiger partial charge is 0.399 e. The van der Waals surface area contributed by atoms with Gasteiger partial charge >= 0.3 is 0 Å². The molecule has 0 aliphatic heterocycles. The van der Waals surface area contributed by atoms with Crippen molar-refractivity contribution in [1.29, 1.82) is 0 Å². The Balaban J connectivity index is 1.65. The highest BCUT2D eigenvalue weighted by Gasteiger charge is 2.16. The second-order valence-electron chi connectivity index (χ2n) is 7.11. The number of hydrogen-bond acceptors (Lipinski definition) is 5. The number of aromatic amines is 2. The Bertz CT molecular complexity index is 1470. The smallest absolute Gasteiger partial charge is 0.159 e. The van der Waals surface area contributed by atoms with Crippen LogP contribution in [0.3, 0.4) is 0 Å². The summed E-state index contributed by atoms with van der Waals surface area (Å²) in [5, 5.41) is 12.8. The molecule has 4 heterocycles. The maximum atomic E-state index is 5.96. The van der Waals surface area contributed by atoms with Gasteiger partial charge in [-0.1, -0.05) is 18.7 Å². The van der Waals surface area contributed by atoms with Crippen molar-refractivity contribution in [2.45, 2.75) is 6.92 Å². The molecule has 0 aliphatic rings. The third-order valence-electron chi connectivity index (χ3n) is 5.22. The molecule has 152 valence electrons. The molecule has 0 fully saturated rings. The van der Waals surface area contributed by atoms with Crippen molar-refractivity contribution in [2.24, 2.45) is 5.73 Å². The predicted molar refractivity (Wildman–Crippen MR) is 128 cm³/mol. The fourth-order valence-electron chi connectivity index (χ4n) is 3.62. The van der Waals surface area contributed by atoms with Crippen molar-refractivity contribution in [1.82, 2.24) is 25.1 Å². The van der Waals surface area contributed by atoms with Crippen LogP contribution in [0.15, 0.2) is 77.9 Å². The van der Waals surface area contributed by atoms with Gasteiger partial charge in [0, 0.05) is 22.8 Å². The fourth-order valence-corrected chi connectivity index (χ4v) is 4.28. The molecular formula is C24H20N6S. The molecule has 5 aromatic rings. The van der Waals surface area contributed by atoms with Crippen molar-refractivity contribution < 1.29 is 0 Å². The first-order valence-electron chi connectivity index (χ1n) is 9.79. The molecule has 7 heteroatoms. The Morgan fingerprint density at radius 1 is 1.19 bits per heavy atom. The Morgan fingerprint density at radius 3 is 2.87 bits per heavy atom. The third-order valence-corrected chi connectivity index (χ3v) is 5.90. The lowest BCUT2D eigenvalue weighted by Crippen LogP contribution is -1.93. The van der Waals surface area contributed by atoms with Gasteiger partial charge in [0.2, 0.25) is 0 Å². The van der Waals surface area contributed by atoms with Gasteiger partial charge in [0.05, 0.1) is 17.2 Å². The normalized spacial score (nSPS) is 12.7. The number of H-pyrrole nitrogens is 2. The number of rotatable bonds is 5. The van der Waals surface area contributed by atoms with Gasteiger partial charge in [-0.3, -0.25) is 10.1 Å². The van der Waals surface area contributed by atoms with Gasteiger partial charge in [0.15, 0.2) is 5.82 Å². The first-order valence-corrected chi connectivity index (χ1v) is 10.7. The van der Waals surface area contributed by atoms with Gasteiger partial charge in [-0.05, 0) is 64.7 Å². The number of nitrogens with zero attached hydrogens (tertiary/aromatic N) is 3. The number of aromatic nitrogens is 5. The molecule has 0 radical (unpaired) electrons. The molecule has 0 bridgehead atoms. The summed E-state index contributed by atoms with van der Waals surface area (Å²) in [6.45, 7) is 5.72. The molecule has 4 aromatic heterocycles. The number of imidazole rings is 1. The van der Waals surface area contributed by atoms with Crippen LogP contribution < -0.4 is 5.73 Å². The average Bonchev–Trinajstić information content (AvgIpc) is 3.55. The van der Waals surface area contributed by atoms with Gasteiger partial charge in [-0.25, -0.2) is 4.98 Å². The van der Waals surface area contributed by atoms with Crippen molar-refractivity contribution in [3.63, 3.8) is 0 Å². The Kier molecular flexibility index (Phi) is 4.72. The number of benzene rings is 1. The number of thiophene rings is 1. The number of hydrogen-bond donors (Lipinski definition) is 3. The molecule has 0 aliphatic carbocycles. The second-order valence-corrected chi connectivity index (χ2v) is 7.89. The molecule has 0 spiro atoms. The van der Waals surface area contributed by atoms with E-state index in [-0.39, 0.29) is 0 Å². The third kappa shape index (κ3) is 3.35. The minimum Gasteiger partial charge on any atom is -0.399 e. The van der Waals surface area contributed by atoms with E-state index in [1.165, 1.54) is 0 Å². The topological polar surface area (TPSA) is 96.3 Å². The van der Waals surface area contributed by atoms with E-state index < -0.39 is 0 Å². The van der Waals surface area contributed by atoms with Crippen LogP contribution in [0.4, 0.5) is 0 Å². The number of nitrogens with two attached hydrogens (primary N) is 1. The van der Waals surface area contributed by atoms with Crippen LogP contribution in [0, 0.1) is 0 Å². The summed E-state index contributed by atoms with van der Waals surface area (Å²) in [5.74, 6) is 0.700. The van der Waals surface area contributed by atoms with Crippen molar-refractivity contribution >= 4 is 38.8 Å². The zero-order valence-corrected chi connectivity index (χ0v) is 17.7. The van der Waals surface area contributed by atoms with E-state index in [2.05, 4.69) is 49.6 Å². The molecule has 4 N–H and O–H groups in total. The molecule has 0 amide bonds. The summed E-state index contributed by atoms with van der Waals surface area (Å²) in [7, 11) is 0. The van der Waals surface area contributed by atoms with Crippen LogP contribution in [-0.2, 0) is 0 Å². The van der Waals surface area contributed by atoms with Crippen molar-refractivity contribution in [3.8, 4) is 22.6 Å². The monoisotopic (exact) mass is 424 g/mol. The van der Waals surface area contributed by atoms with Gasteiger partial charge < -0.3 is 10.7 Å². The highest BCUT2D eigenvalue weighted by molar-refractivity contribution is 7.08. The van der Waals surface area contributed by atoms with E-state index in [4.69, 9.17) is 10.7 Å². The zero-order chi connectivity index (χ0) is 21.4. The maximum Gasteiger partial charge on any atom is 0.159 e. The summed E-state index contributed by atoms with van der Waals surface area (Å²) < 4.78 is 0. The van der Waals surface area contributed by atoms with E-state index in [1.54, 1.807) is 23.6 Å². The second kappa shape index (κ2) is 7.70. The first-order chi connectivity index (χ1) is 15.2. The summed E-state index contributed by atoms with van der Waals surface area (Å²) in [6.07, 6.45) is 9.22. The number of nitrogens with one attached hydrogen (secondary N) is 2. The maximum absolute atomic E-state index is 5.96. The molecule has 0 saturated heterocycles. The van der Waals surface area contributed by atoms with E-state index in [0.29, 0.717) is 11.5 Å². The Labute approximate surface area is 182 Å². The average molecular weight is 425 g/mol. The summed E-state index contributed by atoms with van der Waals surface area (Å²) in [4.78, 5) is 12.6. The van der Waals surface area contributed by atoms with Crippen LogP contribution in [0.2, 0.25) is 0 Å². The van der Waals surface area contributed by atoms with E-state index in [9.17, 15) is 0 Å². The molecule has 0 unspecified atom stereocenters. The molecule has 5 rings (SSSR count). The number of pyridine rings is 1. The minimum absolute atomic E-state index is 0.617. The molecule has 31 heavy (non-hydrogen) atoms. The SMILES string of the molecule is C=C/C(N)=C\C(=C/C)c1ccc2[nH]nc(-c3nc4c(-c5ccsc5)cncc4[nH]3)c2c1. The highest BCUT2D eigenvalue weighted by Crippen LogP contribution is 2.32. The van der Waals surface area contributed by atoms with Crippen LogP contribution >= 0.6 is 11.3 Å². The van der Waals surface area contributed by atoms with Crippen LogP contribution in [-0.4, -0.2) is 25.1 Å². The summed E-state index contributed by atoms with van der Waals surface area (Å²) in [5.41, 5.74) is 14.2. The Morgan fingerprint density at radius 2 is 2.10 bits per heavy atom. The summed E-state index contributed by atoms with van der Waals surface area (Å²) in [6, 6.07) is 8.24. The lowest BCUT2D eigenvalue weighted by molar-refractivity contribution is 1.11. The lowest BCUT2D eigenvalue weighted by Gasteiger charge is -2.04. The van der Waals surface area contributed by atoms with Gasteiger partial charge in [0.1, 0.15) is 11.2 Å². The highest BCUT2D eigenvalue weighted by atomic mass is 32.1. The molecule has 0 atom stereocenters. The van der Waals surface area contributed by atoms with Crippen molar-refractivity contribution in [2.75, 3.05) is 0 Å². The molecule has 6 nitrogen and oxygen atoms in total. The first kappa shape index (κ1) is 19.0. The number of allylic oxidation sites excluding steroid dienone is 4. The van der Waals surface area contributed by atoms with Gasteiger partial charge in [-0.15, -0.1) is 0 Å². The number of fused-ring (bicyclic) bond motifs is 2. The van der Waals surface area contributed by atoms with Gasteiger partial charge in [0.25, 0.3) is 0 Å². The van der Waals surface area contributed by atoms with E-state index in [1.807, 2.05) is 37.4 Å². The predicted octanol–water partition coefficient (Wildman–Crippen LogP) is 5.66. The Hall–Kier alpha value is -3.97. The van der Waals surface area contributed by atoms with Crippen molar-refractivity contribution in [3.05, 3.63) is 83.5 Å². The van der Waals surface area contributed by atoms with Gasteiger partial charge in [-0.2, -0.15) is 16.4 Å². The fraction of sp³-hybridized carbons (Fsp3) is 0.0417. The standard InChI is InChI=1S/C24H20N6S/c1-3-14(9-17(25)4-2)15-5-6-20-18(10-15)23(30-29-20)24-27-21-12-26-11-19(22(21)28-24)16-7-8-31-13-16/h3-13H,2,25H2,1H3,(H,27,28)(H,29,30)/b14-3+,17-9+. The van der Waals surface area contributed by atoms with Crippen LogP contribution in [0.1, 0.15) is 12.5 Å². The van der Waals surface area contributed by atoms with Crippen LogP contribution in [0.25, 0.3) is 50.2 Å². The van der Waals surface area contributed by atoms with E-state index in [0.717, 1.165) is 49.9 Å². The summed E-state index contributed by atoms with van der Waals surface area (Å²) >= 11 is 1.65.